The molecule has 8 nitrogen and oxygen atoms in total. The molecule has 1 aliphatic rings. The minimum atomic E-state index is -1.05. The summed E-state index contributed by atoms with van der Waals surface area (Å²) in [6, 6.07) is 5.37. The lowest BCUT2D eigenvalue weighted by Crippen LogP contribution is -2.40. The second-order valence-electron chi connectivity index (χ2n) is 8.12. The summed E-state index contributed by atoms with van der Waals surface area (Å²) in [7, 11) is 0. The highest BCUT2D eigenvalue weighted by Crippen LogP contribution is 2.36. The Bertz CT molecular complexity index is 866. The maximum Gasteiger partial charge on any atom is 0.341 e. The number of hydrogen-bond donors (Lipinski definition) is 3. The highest BCUT2D eigenvalue weighted by molar-refractivity contribution is 7.13. The third-order valence-electron chi connectivity index (χ3n) is 5.12. The molecule has 1 heterocycles. The van der Waals surface area contributed by atoms with Crippen LogP contribution in [0.4, 0.5) is 21.3 Å². The molecule has 2 aromatic rings. The van der Waals surface area contributed by atoms with Crippen LogP contribution < -0.4 is 20.3 Å². The van der Waals surface area contributed by atoms with E-state index in [9.17, 15) is 9.59 Å². The standard InChI is InChI=1S/C22H30N4O4S/c1-15(2)13-26(16-6-4-3-5-7-16)19-9-8-17(30-14-20(27)28)12-18(19)24-21(29)25-22-23-10-11-31-22/h8-12,15-16H,3-7,13-14H2,1-2H3,(H,27,28)(H2,23,24,25,29). The number of urea groups is 1. The molecule has 3 rings (SSSR count). The first-order valence-electron chi connectivity index (χ1n) is 10.6. The van der Waals surface area contributed by atoms with E-state index in [4.69, 9.17) is 9.84 Å². The molecular formula is C22H30N4O4S. The summed E-state index contributed by atoms with van der Waals surface area (Å²) in [5, 5.41) is 16.9. The number of carbonyl (C=O) groups excluding carboxylic acids is 1. The molecule has 168 valence electrons. The summed E-state index contributed by atoms with van der Waals surface area (Å²) >= 11 is 1.33. The van der Waals surface area contributed by atoms with Gasteiger partial charge in [-0.2, -0.15) is 0 Å². The number of hydrogen-bond acceptors (Lipinski definition) is 6. The number of rotatable bonds is 9. The highest BCUT2D eigenvalue weighted by atomic mass is 32.1. The van der Waals surface area contributed by atoms with Crippen molar-refractivity contribution in [2.45, 2.75) is 52.0 Å². The largest absolute Gasteiger partial charge is 0.482 e. The van der Waals surface area contributed by atoms with Crippen LogP contribution in [0.1, 0.15) is 46.0 Å². The minimum Gasteiger partial charge on any atom is -0.482 e. The van der Waals surface area contributed by atoms with Gasteiger partial charge in [0.05, 0.1) is 11.4 Å². The molecule has 1 saturated carbocycles. The first-order chi connectivity index (χ1) is 14.9. The number of nitrogens with one attached hydrogen (secondary N) is 2. The molecule has 0 aliphatic heterocycles. The van der Waals surface area contributed by atoms with Gasteiger partial charge in [-0.15, -0.1) is 11.3 Å². The summed E-state index contributed by atoms with van der Waals surface area (Å²) in [6.45, 7) is 4.79. The van der Waals surface area contributed by atoms with Gasteiger partial charge in [0.1, 0.15) is 5.75 Å². The molecule has 1 aromatic carbocycles. The predicted octanol–water partition coefficient (Wildman–Crippen LogP) is 5.05. The highest BCUT2D eigenvalue weighted by Gasteiger charge is 2.25. The van der Waals surface area contributed by atoms with Gasteiger partial charge in [-0.05, 0) is 30.9 Å². The molecule has 0 bridgehead atoms. The van der Waals surface area contributed by atoms with E-state index in [1.54, 1.807) is 23.7 Å². The number of benzene rings is 1. The number of nitrogens with zero attached hydrogens (tertiary/aromatic N) is 2. The second-order valence-corrected chi connectivity index (χ2v) is 9.01. The first kappa shape index (κ1) is 22.9. The molecular weight excluding hydrogens is 416 g/mol. The zero-order valence-electron chi connectivity index (χ0n) is 18.0. The molecule has 0 saturated heterocycles. The van der Waals surface area contributed by atoms with E-state index in [1.165, 1.54) is 30.6 Å². The Kier molecular flexibility index (Phi) is 8.11. The summed E-state index contributed by atoms with van der Waals surface area (Å²) in [4.78, 5) is 30.0. The average molecular weight is 447 g/mol. The fourth-order valence-electron chi connectivity index (χ4n) is 3.87. The van der Waals surface area contributed by atoms with Crippen LogP contribution in [0.5, 0.6) is 5.75 Å². The fourth-order valence-corrected chi connectivity index (χ4v) is 4.39. The summed E-state index contributed by atoms with van der Waals surface area (Å²) < 4.78 is 5.36. The summed E-state index contributed by atoms with van der Waals surface area (Å²) in [5.41, 5.74) is 1.50. The van der Waals surface area contributed by atoms with Gasteiger partial charge in [-0.25, -0.2) is 14.6 Å². The number of carboxylic acid groups (broad SMARTS) is 1. The number of thiazole rings is 1. The fraction of sp³-hybridized carbons (Fsp3) is 0.500. The van der Waals surface area contributed by atoms with E-state index in [0.29, 0.717) is 28.5 Å². The molecule has 31 heavy (non-hydrogen) atoms. The molecule has 1 aliphatic carbocycles. The van der Waals surface area contributed by atoms with Crippen molar-refractivity contribution in [1.82, 2.24) is 4.98 Å². The monoisotopic (exact) mass is 446 g/mol. The number of carboxylic acids is 1. The molecule has 0 unspecified atom stereocenters. The zero-order chi connectivity index (χ0) is 22.2. The summed E-state index contributed by atoms with van der Waals surface area (Å²) in [6.07, 6.45) is 7.52. The molecule has 1 fully saturated rings. The lowest BCUT2D eigenvalue weighted by atomic mass is 9.93. The molecule has 0 spiro atoms. The molecule has 1 aromatic heterocycles. The number of anilines is 3. The average Bonchev–Trinajstić information content (AvgIpc) is 3.24. The Labute approximate surface area is 186 Å². The lowest BCUT2D eigenvalue weighted by Gasteiger charge is -2.38. The van der Waals surface area contributed by atoms with Crippen LogP contribution in [0.25, 0.3) is 0 Å². The number of amides is 2. The lowest BCUT2D eigenvalue weighted by molar-refractivity contribution is -0.139. The van der Waals surface area contributed by atoms with Gasteiger partial charge < -0.3 is 20.1 Å². The predicted molar refractivity (Wildman–Crippen MR) is 123 cm³/mol. The van der Waals surface area contributed by atoms with Crippen LogP contribution in [0.15, 0.2) is 29.8 Å². The Morgan fingerprint density at radius 1 is 1.26 bits per heavy atom. The van der Waals surface area contributed by atoms with Crippen LogP contribution in [0.3, 0.4) is 0 Å². The second kappa shape index (κ2) is 11.0. The third kappa shape index (κ3) is 6.85. The number of ether oxygens (including phenoxy) is 1. The van der Waals surface area contributed by atoms with Crippen molar-refractivity contribution in [2.75, 3.05) is 28.7 Å². The van der Waals surface area contributed by atoms with Crippen molar-refractivity contribution in [3.63, 3.8) is 0 Å². The van der Waals surface area contributed by atoms with Crippen LogP contribution in [0, 0.1) is 5.92 Å². The van der Waals surface area contributed by atoms with Crippen LogP contribution >= 0.6 is 11.3 Å². The van der Waals surface area contributed by atoms with E-state index >= 15 is 0 Å². The van der Waals surface area contributed by atoms with Gasteiger partial charge in [0, 0.05) is 30.2 Å². The molecule has 9 heteroatoms. The maximum absolute atomic E-state index is 12.6. The van der Waals surface area contributed by atoms with E-state index in [2.05, 4.69) is 34.4 Å². The third-order valence-corrected chi connectivity index (χ3v) is 5.81. The van der Waals surface area contributed by atoms with Crippen LogP contribution in [-0.2, 0) is 4.79 Å². The van der Waals surface area contributed by atoms with Gasteiger partial charge in [-0.3, -0.25) is 5.32 Å². The van der Waals surface area contributed by atoms with Crippen molar-refractivity contribution in [3.8, 4) is 5.75 Å². The van der Waals surface area contributed by atoms with Crippen molar-refractivity contribution in [3.05, 3.63) is 29.8 Å². The number of carbonyl (C=O) groups is 2. The topological polar surface area (TPSA) is 104 Å². The zero-order valence-corrected chi connectivity index (χ0v) is 18.8. The Hall–Kier alpha value is -2.81. The van der Waals surface area contributed by atoms with Gasteiger partial charge in [0.15, 0.2) is 11.7 Å². The summed E-state index contributed by atoms with van der Waals surface area (Å²) in [5.74, 6) is -0.213. The Morgan fingerprint density at radius 2 is 2.03 bits per heavy atom. The molecule has 2 amide bonds. The maximum atomic E-state index is 12.6. The van der Waals surface area contributed by atoms with E-state index < -0.39 is 18.6 Å². The normalized spacial score (nSPS) is 14.3. The van der Waals surface area contributed by atoms with E-state index in [1.807, 2.05) is 6.07 Å². The van der Waals surface area contributed by atoms with Crippen molar-refractivity contribution in [1.29, 1.82) is 0 Å². The SMILES string of the molecule is CC(C)CN(c1ccc(OCC(=O)O)cc1NC(=O)Nc1nccs1)C1CCCCC1. The van der Waals surface area contributed by atoms with Crippen molar-refractivity contribution < 1.29 is 19.4 Å². The van der Waals surface area contributed by atoms with Gasteiger partial charge in [-0.1, -0.05) is 33.1 Å². The number of aliphatic carboxylic acids is 1. The first-order valence-corrected chi connectivity index (χ1v) is 11.5. The Morgan fingerprint density at radius 3 is 2.68 bits per heavy atom. The molecule has 0 radical (unpaired) electrons. The van der Waals surface area contributed by atoms with E-state index in [0.717, 1.165) is 25.1 Å². The molecule has 0 atom stereocenters. The van der Waals surface area contributed by atoms with Crippen molar-refractivity contribution in [2.24, 2.45) is 5.92 Å². The quantitative estimate of drug-likeness (QED) is 0.498. The van der Waals surface area contributed by atoms with Crippen LogP contribution in [0.2, 0.25) is 0 Å². The van der Waals surface area contributed by atoms with Gasteiger partial charge in [0.2, 0.25) is 0 Å². The van der Waals surface area contributed by atoms with Crippen LogP contribution in [-0.4, -0.2) is 41.3 Å². The van der Waals surface area contributed by atoms with Crippen molar-refractivity contribution >= 4 is 39.8 Å². The number of aromatic nitrogens is 1. The minimum absolute atomic E-state index is 0.392. The molecule has 3 N–H and O–H groups in total. The Balaban J connectivity index is 1.89. The van der Waals surface area contributed by atoms with E-state index in [-0.39, 0.29) is 0 Å². The van der Waals surface area contributed by atoms with Gasteiger partial charge in [0.25, 0.3) is 0 Å². The van der Waals surface area contributed by atoms with Gasteiger partial charge >= 0.3 is 12.0 Å². The smallest absolute Gasteiger partial charge is 0.341 e.